The van der Waals surface area contributed by atoms with Gasteiger partial charge < -0.3 is 10.2 Å². The smallest absolute Gasteiger partial charge is 0.118 e. The van der Waals surface area contributed by atoms with Crippen LogP contribution in [0.4, 0.5) is 0 Å². The first kappa shape index (κ1) is 11.3. The van der Waals surface area contributed by atoms with Crippen molar-refractivity contribution >= 4 is 0 Å². The van der Waals surface area contributed by atoms with E-state index in [9.17, 15) is 0 Å². The maximum atomic E-state index is 5.77. The molecule has 2 fully saturated rings. The average molecular weight is 234 g/mol. The maximum Gasteiger partial charge on any atom is 0.118 e. The number of hydrogen-bond donors (Lipinski definition) is 1. The minimum absolute atomic E-state index is 0.584. The molecule has 0 spiro atoms. The molecular weight excluding hydrogens is 212 g/mol. The third kappa shape index (κ3) is 2.14. The zero-order valence-electron chi connectivity index (χ0n) is 10.6. The number of aryl methyl sites for hydroxylation is 1. The lowest BCUT2D eigenvalue weighted by Crippen LogP contribution is -2.20. The van der Waals surface area contributed by atoms with Gasteiger partial charge in [-0.1, -0.05) is 6.42 Å². The molecule has 0 bridgehead atoms. The highest BCUT2D eigenvalue weighted by molar-refractivity contribution is 5.20. The van der Waals surface area contributed by atoms with Crippen molar-refractivity contribution < 1.29 is 4.42 Å². The summed E-state index contributed by atoms with van der Waals surface area (Å²) in [6, 6.07) is 2.13. The van der Waals surface area contributed by atoms with Crippen LogP contribution in [-0.4, -0.2) is 18.0 Å². The molecule has 2 N–H and O–H groups in total. The molecular formula is C14H22N2O. The molecule has 1 aromatic heterocycles. The molecule has 94 valence electrons. The quantitative estimate of drug-likeness (QED) is 0.872. The largest absolute Gasteiger partial charge is 0.465 e. The molecule has 3 heteroatoms. The molecule has 2 aliphatic rings. The Morgan fingerprint density at radius 2 is 2.06 bits per heavy atom. The van der Waals surface area contributed by atoms with Crippen LogP contribution in [0, 0.1) is 18.8 Å². The average Bonchev–Trinajstić information content (AvgIpc) is 2.93. The van der Waals surface area contributed by atoms with Crippen LogP contribution < -0.4 is 5.73 Å². The van der Waals surface area contributed by atoms with E-state index in [2.05, 4.69) is 11.0 Å². The minimum atomic E-state index is 0.584. The van der Waals surface area contributed by atoms with Crippen LogP contribution in [0.15, 0.2) is 10.5 Å². The summed E-state index contributed by atoms with van der Waals surface area (Å²) in [4.78, 5) is 2.55. The van der Waals surface area contributed by atoms with E-state index in [1.807, 2.05) is 6.92 Å². The molecule has 1 aliphatic heterocycles. The van der Waals surface area contributed by atoms with Crippen LogP contribution in [0.3, 0.4) is 0 Å². The SMILES string of the molecule is Cc1oc(CN2CC3CCCC3C2)cc1CN. The summed E-state index contributed by atoms with van der Waals surface area (Å²) in [7, 11) is 0. The zero-order chi connectivity index (χ0) is 11.8. The van der Waals surface area contributed by atoms with E-state index in [0.29, 0.717) is 6.54 Å². The molecule has 2 atom stereocenters. The van der Waals surface area contributed by atoms with E-state index in [0.717, 1.165) is 35.5 Å². The van der Waals surface area contributed by atoms with Gasteiger partial charge in [0.2, 0.25) is 0 Å². The number of nitrogens with zero attached hydrogens (tertiary/aromatic N) is 1. The van der Waals surface area contributed by atoms with Crippen molar-refractivity contribution in [2.24, 2.45) is 17.6 Å². The van der Waals surface area contributed by atoms with Crippen molar-refractivity contribution in [1.29, 1.82) is 0 Å². The Kier molecular flexibility index (Phi) is 2.97. The van der Waals surface area contributed by atoms with Crippen molar-refractivity contribution in [2.45, 2.75) is 39.3 Å². The molecule has 1 saturated carbocycles. The lowest BCUT2D eigenvalue weighted by atomic mass is 10.0. The first-order valence-electron chi connectivity index (χ1n) is 6.77. The molecule has 2 unspecified atom stereocenters. The summed E-state index contributed by atoms with van der Waals surface area (Å²) in [5.41, 5.74) is 6.83. The second-order valence-electron chi connectivity index (χ2n) is 5.64. The number of nitrogens with two attached hydrogens (primary N) is 1. The Bertz CT molecular complexity index is 387. The topological polar surface area (TPSA) is 42.4 Å². The Balaban J connectivity index is 1.63. The van der Waals surface area contributed by atoms with Gasteiger partial charge in [-0.25, -0.2) is 0 Å². The summed E-state index contributed by atoms with van der Waals surface area (Å²) in [5.74, 6) is 3.99. The lowest BCUT2D eigenvalue weighted by Gasteiger charge is -2.14. The fraction of sp³-hybridized carbons (Fsp3) is 0.714. The lowest BCUT2D eigenvalue weighted by molar-refractivity contribution is 0.274. The third-order valence-electron chi connectivity index (χ3n) is 4.47. The maximum absolute atomic E-state index is 5.77. The van der Waals surface area contributed by atoms with Gasteiger partial charge in [-0.15, -0.1) is 0 Å². The van der Waals surface area contributed by atoms with E-state index in [1.54, 1.807) is 0 Å². The summed E-state index contributed by atoms with van der Waals surface area (Å²) in [6.07, 6.45) is 4.32. The molecule has 2 heterocycles. The number of hydrogen-bond acceptors (Lipinski definition) is 3. The van der Waals surface area contributed by atoms with Crippen LogP contribution in [0.25, 0.3) is 0 Å². The zero-order valence-corrected chi connectivity index (χ0v) is 10.6. The minimum Gasteiger partial charge on any atom is -0.465 e. The molecule has 3 nitrogen and oxygen atoms in total. The van der Waals surface area contributed by atoms with E-state index in [-0.39, 0.29) is 0 Å². The van der Waals surface area contributed by atoms with Crippen molar-refractivity contribution in [3.8, 4) is 0 Å². The van der Waals surface area contributed by atoms with E-state index in [4.69, 9.17) is 10.2 Å². The van der Waals surface area contributed by atoms with Crippen LogP contribution in [0.2, 0.25) is 0 Å². The van der Waals surface area contributed by atoms with E-state index < -0.39 is 0 Å². The number of rotatable bonds is 3. The van der Waals surface area contributed by atoms with Crippen LogP contribution >= 0.6 is 0 Å². The van der Waals surface area contributed by atoms with E-state index >= 15 is 0 Å². The summed E-state index contributed by atoms with van der Waals surface area (Å²) >= 11 is 0. The monoisotopic (exact) mass is 234 g/mol. The highest BCUT2D eigenvalue weighted by atomic mass is 16.3. The molecule has 1 saturated heterocycles. The predicted octanol–water partition coefficient (Wildman–Crippen LogP) is 2.28. The van der Waals surface area contributed by atoms with E-state index in [1.165, 1.54) is 32.4 Å². The number of fused-ring (bicyclic) bond motifs is 1. The highest BCUT2D eigenvalue weighted by Gasteiger charge is 2.36. The predicted molar refractivity (Wildman–Crippen MR) is 67.4 cm³/mol. The van der Waals surface area contributed by atoms with Gasteiger partial charge in [-0.3, -0.25) is 4.90 Å². The first-order valence-corrected chi connectivity index (χ1v) is 6.77. The van der Waals surface area contributed by atoms with Crippen LogP contribution in [-0.2, 0) is 13.1 Å². The second-order valence-corrected chi connectivity index (χ2v) is 5.64. The van der Waals surface area contributed by atoms with Gasteiger partial charge in [0.25, 0.3) is 0 Å². The molecule has 1 aromatic rings. The summed E-state index contributed by atoms with van der Waals surface area (Å²) < 4.78 is 5.77. The molecule has 0 aromatic carbocycles. The normalized spacial score (nSPS) is 28.8. The summed E-state index contributed by atoms with van der Waals surface area (Å²) in [6.45, 7) is 6.09. The molecule has 3 rings (SSSR count). The van der Waals surface area contributed by atoms with Gasteiger partial charge in [-0.2, -0.15) is 0 Å². The molecule has 0 radical (unpaired) electrons. The molecule has 17 heavy (non-hydrogen) atoms. The standard InChI is InChI=1S/C14H22N2O/c1-10-13(6-15)5-14(17-10)9-16-7-11-3-2-4-12(11)8-16/h5,11-12H,2-4,6-9,15H2,1H3. The second kappa shape index (κ2) is 4.46. The third-order valence-corrected chi connectivity index (χ3v) is 4.47. The molecule has 0 amide bonds. The van der Waals surface area contributed by atoms with Crippen LogP contribution in [0.1, 0.15) is 36.3 Å². The van der Waals surface area contributed by atoms with Gasteiger partial charge in [0.15, 0.2) is 0 Å². The Morgan fingerprint density at radius 3 is 2.65 bits per heavy atom. The fourth-order valence-electron chi connectivity index (χ4n) is 3.55. The van der Waals surface area contributed by atoms with Gasteiger partial charge in [0, 0.05) is 25.2 Å². The number of furan rings is 1. The highest BCUT2D eigenvalue weighted by Crippen LogP contribution is 2.38. The van der Waals surface area contributed by atoms with Crippen molar-refractivity contribution in [1.82, 2.24) is 4.90 Å². The Morgan fingerprint density at radius 1 is 1.35 bits per heavy atom. The number of likely N-dealkylation sites (tertiary alicyclic amines) is 1. The summed E-state index contributed by atoms with van der Waals surface area (Å²) in [5, 5.41) is 0. The van der Waals surface area contributed by atoms with Gasteiger partial charge >= 0.3 is 0 Å². The van der Waals surface area contributed by atoms with Gasteiger partial charge in [0.05, 0.1) is 6.54 Å². The van der Waals surface area contributed by atoms with Gasteiger partial charge in [0.1, 0.15) is 11.5 Å². The van der Waals surface area contributed by atoms with Gasteiger partial charge in [-0.05, 0) is 37.7 Å². The van der Waals surface area contributed by atoms with Crippen LogP contribution in [0.5, 0.6) is 0 Å². The Labute approximate surface area is 103 Å². The molecule has 1 aliphatic carbocycles. The fourth-order valence-corrected chi connectivity index (χ4v) is 3.55. The van der Waals surface area contributed by atoms with Crippen molar-refractivity contribution in [3.63, 3.8) is 0 Å². The first-order chi connectivity index (χ1) is 8.26. The Hall–Kier alpha value is -0.800. The van der Waals surface area contributed by atoms with Crippen molar-refractivity contribution in [2.75, 3.05) is 13.1 Å². The van der Waals surface area contributed by atoms with Crippen molar-refractivity contribution in [3.05, 3.63) is 23.2 Å².